The van der Waals surface area contributed by atoms with Crippen LogP contribution in [0.2, 0.25) is 5.02 Å². The Hall–Kier alpha value is -1.48. The smallest absolute Gasteiger partial charge is 0.115 e. The van der Waals surface area contributed by atoms with Gasteiger partial charge in [0.2, 0.25) is 0 Å². The Morgan fingerprint density at radius 1 is 1.22 bits per heavy atom. The van der Waals surface area contributed by atoms with Crippen LogP contribution in [-0.4, -0.2) is 12.8 Å². The van der Waals surface area contributed by atoms with Crippen molar-refractivity contribution < 1.29 is 0 Å². The lowest BCUT2D eigenvalue weighted by molar-refractivity contribution is 0.956. The van der Waals surface area contributed by atoms with E-state index in [1.807, 2.05) is 18.2 Å². The Morgan fingerprint density at radius 3 is 2.89 bits per heavy atom. The van der Waals surface area contributed by atoms with E-state index in [0.717, 1.165) is 30.5 Å². The minimum absolute atomic E-state index is 0.632. The molecule has 4 heteroatoms. The topological polar surface area (TPSA) is 38.9 Å². The molecule has 0 saturated heterocycles. The zero-order valence-electron chi connectivity index (χ0n) is 9.91. The maximum atomic E-state index is 6.07. The van der Waals surface area contributed by atoms with Crippen molar-refractivity contribution in [1.82, 2.24) is 4.98 Å². The fourth-order valence-electron chi connectivity index (χ4n) is 2.51. The van der Waals surface area contributed by atoms with Crippen LogP contribution in [0.5, 0.6) is 0 Å². The first kappa shape index (κ1) is 11.6. The van der Waals surface area contributed by atoms with E-state index in [4.69, 9.17) is 25.2 Å². The number of hydrogen-bond donors (Lipinski definition) is 1. The monoisotopic (exact) mass is 254 g/mol. The van der Waals surface area contributed by atoms with Crippen molar-refractivity contribution >= 4 is 30.6 Å². The van der Waals surface area contributed by atoms with Gasteiger partial charge >= 0.3 is 0 Å². The zero-order chi connectivity index (χ0) is 12.7. The second kappa shape index (κ2) is 4.32. The van der Waals surface area contributed by atoms with Crippen molar-refractivity contribution in [3.05, 3.63) is 51.8 Å². The molecule has 1 heterocycles. The quantitative estimate of drug-likeness (QED) is 0.575. The summed E-state index contributed by atoms with van der Waals surface area (Å²) in [5, 5.41) is 0.632. The molecule has 2 nitrogen and oxygen atoms in total. The molecule has 0 fully saturated rings. The number of hydrogen-bond acceptors (Lipinski definition) is 2. The highest BCUT2D eigenvalue weighted by atomic mass is 35.5. The molecule has 0 bridgehead atoms. The van der Waals surface area contributed by atoms with Crippen molar-refractivity contribution in [2.75, 3.05) is 5.73 Å². The lowest BCUT2D eigenvalue weighted by Gasteiger charge is -2.10. The van der Waals surface area contributed by atoms with Gasteiger partial charge in [-0.3, -0.25) is 4.98 Å². The molecule has 2 N–H and O–H groups in total. The summed E-state index contributed by atoms with van der Waals surface area (Å²) in [5.74, 6) is 0. The van der Waals surface area contributed by atoms with Gasteiger partial charge in [-0.25, -0.2) is 0 Å². The lowest BCUT2D eigenvalue weighted by atomic mass is 9.94. The fourth-order valence-corrected chi connectivity index (χ4v) is 2.69. The molecule has 0 atom stereocenters. The first-order chi connectivity index (χ1) is 8.65. The van der Waals surface area contributed by atoms with Gasteiger partial charge in [0, 0.05) is 18.3 Å². The summed E-state index contributed by atoms with van der Waals surface area (Å²) in [6.45, 7) is 0. The summed E-state index contributed by atoms with van der Waals surface area (Å²) in [4.78, 5) is 4.43. The molecule has 0 spiro atoms. The number of nitrogen functional groups attached to an aromatic ring is 1. The number of benzene rings is 1. The number of anilines is 1. The van der Waals surface area contributed by atoms with E-state index < -0.39 is 0 Å². The first-order valence-corrected chi connectivity index (χ1v) is 6.32. The Bertz CT molecular complexity index is 625. The Labute approximate surface area is 113 Å². The Kier molecular flexibility index (Phi) is 2.79. The number of aromatic nitrogens is 1. The molecule has 18 heavy (non-hydrogen) atoms. The lowest BCUT2D eigenvalue weighted by Crippen LogP contribution is -2.08. The third-order valence-corrected chi connectivity index (χ3v) is 3.81. The van der Waals surface area contributed by atoms with Crippen molar-refractivity contribution in [2.24, 2.45) is 0 Å². The SMILES string of the molecule is [B]c1cnc2c(c1)CCc1c(ccc(Cl)c1N)C2. The van der Waals surface area contributed by atoms with Gasteiger partial charge in [0.05, 0.1) is 10.7 Å². The van der Waals surface area contributed by atoms with Crippen molar-refractivity contribution in [2.45, 2.75) is 19.3 Å². The molecule has 0 aliphatic heterocycles. The Balaban J connectivity index is 2.11. The van der Waals surface area contributed by atoms with E-state index in [-0.39, 0.29) is 0 Å². The van der Waals surface area contributed by atoms with Gasteiger partial charge in [-0.2, -0.15) is 0 Å². The summed E-state index contributed by atoms with van der Waals surface area (Å²) >= 11 is 6.07. The summed E-state index contributed by atoms with van der Waals surface area (Å²) in [7, 11) is 5.78. The van der Waals surface area contributed by atoms with E-state index in [0.29, 0.717) is 16.2 Å². The Morgan fingerprint density at radius 2 is 2.06 bits per heavy atom. The van der Waals surface area contributed by atoms with Crippen LogP contribution in [0.25, 0.3) is 0 Å². The average Bonchev–Trinajstić information content (AvgIpc) is 2.53. The number of fused-ring (bicyclic) bond motifs is 2. The number of nitrogens with zero attached hydrogens (tertiary/aromatic N) is 1. The third-order valence-electron chi connectivity index (χ3n) is 3.48. The molecular weight excluding hydrogens is 242 g/mol. The molecule has 3 rings (SSSR count). The molecule has 1 aromatic carbocycles. The predicted octanol–water partition coefficient (Wildman–Crippen LogP) is 1.80. The summed E-state index contributed by atoms with van der Waals surface area (Å²) in [6, 6.07) is 5.91. The summed E-state index contributed by atoms with van der Waals surface area (Å²) in [6.07, 6.45) is 4.31. The van der Waals surface area contributed by atoms with Crippen LogP contribution in [0.1, 0.15) is 22.4 Å². The molecule has 2 radical (unpaired) electrons. The second-order valence-electron chi connectivity index (χ2n) is 4.65. The molecular formula is C14H12BClN2. The fraction of sp³-hybridized carbons (Fsp3) is 0.214. The number of nitrogens with two attached hydrogens (primary N) is 1. The molecule has 1 aliphatic rings. The highest BCUT2D eigenvalue weighted by molar-refractivity contribution is 6.33. The van der Waals surface area contributed by atoms with Gasteiger partial charge in [-0.1, -0.05) is 29.2 Å². The third kappa shape index (κ3) is 1.89. The molecule has 2 aromatic rings. The zero-order valence-corrected chi connectivity index (χ0v) is 10.7. The molecule has 0 saturated carbocycles. The van der Waals surface area contributed by atoms with Gasteiger partial charge in [-0.15, -0.1) is 0 Å². The van der Waals surface area contributed by atoms with Crippen LogP contribution in [0, 0.1) is 0 Å². The maximum absolute atomic E-state index is 6.07. The second-order valence-corrected chi connectivity index (χ2v) is 5.06. The molecule has 0 amide bonds. The van der Waals surface area contributed by atoms with E-state index in [1.165, 1.54) is 11.1 Å². The highest BCUT2D eigenvalue weighted by Crippen LogP contribution is 2.31. The van der Waals surface area contributed by atoms with Crippen LogP contribution >= 0.6 is 11.6 Å². The van der Waals surface area contributed by atoms with E-state index in [2.05, 4.69) is 4.98 Å². The van der Waals surface area contributed by atoms with E-state index in [1.54, 1.807) is 6.20 Å². The minimum atomic E-state index is 0.632. The first-order valence-electron chi connectivity index (χ1n) is 5.94. The molecule has 0 unspecified atom stereocenters. The largest absolute Gasteiger partial charge is 0.397 e. The van der Waals surface area contributed by atoms with E-state index in [9.17, 15) is 0 Å². The number of rotatable bonds is 0. The summed E-state index contributed by atoms with van der Waals surface area (Å²) in [5.41, 5.74) is 12.1. The molecule has 1 aromatic heterocycles. The highest BCUT2D eigenvalue weighted by Gasteiger charge is 2.17. The number of aryl methyl sites for hydroxylation is 1. The minimum Gasteiger partial charge on any atom is -0.397 e. The van der Waals surface area contributed by atoms with Gasteiger partial charge in [0.1, 0.15) is 7.85 Å². The van der Waals surface area contributed by atoms with Crippen LogP contribution < -0.4 is 11.2 Å². The van der Waals surface area contributed by atoms with Crippen LogP contribution in [0.3, 0.4) is 0 Å². The average molecular weight is 255 g/mol. The number of halogens is 1. The van der Waals surface area contributed by atoms with Crippen LogP contribution in [-0.2, 0) is 19.3 Å². The van der Waals surface area contributed by atoms with E-state index >= 15 is 0 Å². The van der Waals surface area contributed by atoms with Crippen LogP contribution in [0.15, 0.2) is 24.4 Å². The maximum Gasteiger partial charge on any atom is 0.115 e. The standard InChI is InChI=1S/C14H12BClN2/c15-10-5-9-1-3-11-8(6-13(9)18-7-10)2-4-12(16)14(11)17/h2,4-5,7H,1,3,6,17H2. The summed E-state index contributed by atoms with van der Waals surface area (Å²) < 4.78 is 0. The van der Waals surface area contributed by atoms with Crippen molar-refractivity contribution in [3.8, 4) is 0 Å². The predicted molar refractivity (Wildman–Crippen MR) is 75.7 cm³/mol. The van der Waals surface area contributed by atoms with Gasteiger partial charge < -0.3 is 5.73 Å². The number of pyridine rings is 1. The van der Waals surface area contributed by atoms with Crippen molar-refractivity contribution in [3.63, 3.8) is 0 Å². The molecule has 1 aliphatic carbocycles. The van der Waals surface area contributed by atoms with Crippen molar-refractivity contribution in [1.29, 1.82) is 0 Å². The van der Waals surface area contributed by atoms with Crippen LogP contribution in [0.4, 0.5) is 5.69 Å². The van der Waals surface area contributed by atoms with Gasteiger partial charge in [0.25, 0.3) is 0 Å². The van der Waals surface area contributed by atoms with Gasteiger partial charge in [-0.05, 0) is 35.6 Å². The normalized spacial score (nSPS) is 13.6. The molecule has 88 valence electrons. The van der Waals surface area contributed by atoms with Gasteiger partial charge in [0.15, 0.2) is 0 Å².